The molecule has 2 aromatic carbocycles. The molecule has 0 radical (unpaired) electrons. The van der Waals surface area contributed by atoms with Crippen LogP contribution in [0.1, 0.15) is 17.3 Å². The molecule has 0 spiro atoms. The predicted molar refractivity (Wildman–Crippen MR) is 121 cm³/mol. The van der Waals surface area contributed by atoms with E-state index in [4.69, 9.17) is 35.4 Å². The van der Waals surface area contributed by atoms with Gasteiger partial charge in [0.15, 0.2) is 5.11 Å². The number of benzene rings is 2. The Hall–Kier alpha value is -1.86. The van der Waals surface area contributed by atoms with Crippen LogP contribution in [0.4, 0.5) is 11.4 Å². The van der Waals surface area contributed by atoms with Crippen molar-refractivity contribution in [3.8, 4) is 0 Å². The Morgan fingerprint density at radius 1 is 1.07 bits per heavy atom. The van der Waals surface area contributed by atoms with Crippen molar-refractivity contribution in [2.75, 3.05) is 42.9 Å². The molecule has 2 aromatic rings. The maximum Gasteiger partial charge on any atom is 0.258 e. The van der Waals surface area contributed by atoms with Gasteiger partial charge in [0.05, 0.1) is 10.6 Å². The van der Waals surface area contributed by atoms with Gasteiger partial charge in [-0.15, -0.1) is 0 Å². The van der Waals surface area contributed by atoms with E-state index < -0.39 is 5.91 Å². The number of carbonyl (C=O) groups is 1. The second-order valence-electron chi connectivity index (χ2n) is 6.50. The number of nitrogens with zero attached hydrogens (tertiary/aromatic N) is 2. The quantitative estimate of drug-likeness (QED) is 0.700. The molecular formula is C20H22Cl2N4OS. The SMILES string of the molecule is CCN1CCN(c2ccc(NC(=S)NC(=O)c3cc(Cl)ccc3Cl)cc2)CC1. The van der Waals surface area contributed by atoms with E-state index in [1.807, 2.05) is 12.1 Å². The standard InChI is InChI=1S/C20H22Cl2N4OS/c1-2-25-9-11-26(12-10-25)16-6-4-15(5-7-16)23-20(28)24-19(27)17-13-14(21)3-8-18(17)22/h3-8,13H,2,9-12H2,1H3,(H2,23,24,27,28). The molecule has 28 heavy (non-hydrogen) atoms. The zero-order valence-corrected chi connectivity index (χ0v) is 17.9. The molecule has 1 aliphatic heterocycles. The average molecular weight is 437 g/mol. The van der Waals surface area contributed by atoms with E-state index in [9.17, 15) is 4.79 Å². The number of thiocarbonyl (C=S) groups is 1. The highest BCUT2D eigenvalue weighted by molar-refractivity contribution is 7.80. The van der Waals surface area contributed by atoms with Crippen LogP contribution in [0.2, 0.25) is 10.0 Å². The van der Waals surface area contributed by atoms with Crippen LogP contribution in [0.25, 0.3) is 0 Å². The fourth-order valence-electron chi connectivity index (χ4n) is 3.08. The van der Waals surface area contributed by atoms with Gasteiger partial charge < -0.3 is 15.1 Å². The highest BCUT2D eigenvalue weighted by Gasteiger charge is 2.16. The molecule has 5 nitrogen and oxygen atoms in total. The van der Waals surface area contributed by atoms with Gasteiger partial charge in [0.25, 0.3) is 5.91 Å². The van der Waals surface area contributed by atoms with E-state index in [1.165, 1.54) is 11.8 Å². The first-order valence-electron chi connectivity index (χ1n) is 9.11. The third-order valence-electron chi connectivity index (χ3n) is 4.71. The number of likely N-dealkylation sites (N-methyl/N-ethyl adjacent to an activating group) is 1. The van der Waals surface area contributed by atoms with E-state index in [0.29, 0.717) is 10.0 Å². The molecule has 1 amide bonds. The average Bonchev–Trinajstić information content (AvgIpc) is 2.70. The number of carbonyl (C=O) groups excluding carboxylic acids is 1. The minimum Gasteiger partial charge on any atom is -0.369 e. The summed E-state index contributed by atoms with van der Waals surface area (Å²) in [6.45, 7) is 7.50. The van der Waals surface area contributed by atoms with Crippen LogP contribution >= 0.6 is 35.4 Å². The van der Waals surface area contributed by atoms with Gasteiger partial charge in [0, 0.05) is 42.6 Å². The largest absolute Gasteiger partial charge is 0.369 e. The molecule has 0 atom stereocenters. The summed E-state index contributed by atoms with van der Waals surface area (Å²) in [6.07, 6.45) is 0. The Morgan fingerprint density at radius 2 is 1.75 bits per heavy atom. The van der Waals surface area contributed by atoms with E-state index in [1.54, 1.807) is 12.1 Å². The Morgan fingerprint density at radius 3 is 2.39 bits per heavy atom. The fraction of sp³-hybridized carbons (Fsp3) is 0.300. The maximum absolute atomic E-state index is 12.3. The number of anilines is 2. The Balaban J connectivity index is 1.56. The molecule has 0 bridgehead atoms. The van der Waals surface area contributed by atoms with Crippen molar-refractivity contribution in [1.29, 1.82) is 0 Å². The molecule has 1 aliphatic rings. The molecule has 0 aliphatic carbocycles. The third kappa shape index (κ3) is 5.35. The molecule has 148 valence electrons. The first-order chi connectivity index (χ1) is 13.5. The summed E-state index contributed by atoms with van der Waals surface area (Å²) in [5, 5.41) is 6.59. The van der Waals surface area contributed by atoms with Gasteiger partial charge in [-0.05, 0) is 61.2 Å². The van der Waals surface area contributed by atoms with E-state index >= 15 is 0 Å². The fourth-order valence-corrected chi connectivity index (χ4v) is 3.67. The van der Waals surface area contributed by atoms with Crippen LogP contribution in [0, 0.1) is 0 Å². The maximum atomic E-state index is 12.3. The minimum absolute atomic E-state index is 0.199. The van der Waals surface area contributed by atoms with Gasteiger partial charge in [-0.25, -0.2) is 0 Å². The number of piperazine rings is 1. The summed E-state index contributed by atoms with van der Waals surface area (Å²) in [4.78, 5) is 17.2. The second kappa shape index (κ2) is 9.56. The molecule has 1 fully saturated rings. The number of hydrogen-bond donors (Lipinski definition) is 2. The summed E-state index contributed by atoms with van der Waals surface area (Å²) >= 11 is 17.2. The molecule has 2 N–H and O–H groups in total. The van der Waals surface area contributed by atoms with Crippen molar-refractivity contribution in [1.82, 2.24) is 10.2 Å². The number of amides is 1. The van der Waals surface area contributed by atoms with Crippen LogP contribution in [0.5, 0.6) is 0 Å². The molecule has 8 heteroatoms. The predicted octanol–water partition coefficient (Wildman–Crippen LogP) is 4.26. The summed E-state index contributed by atoms with van der Waals surface area (Å²) in [5.41, 5.74) is 2.26. The van der Waals surface area contributed by atoms with Crippen LogP contribution < -0.4 is 15.5 Å². The molecule has 1 heterocycles. The molecule has 0 saturated carbocycles. The monoisotopic (exact) mass is 436 g/mol. The summed E-state index contributed by atoms with van der Waals surface area (Å²) in [7, 11) is 0. The zero-order chi connectivity index (χ0) is 20.1. The van der Waals surface area contributed by atoms with Gasteiger partial charge in [-0.3, -0.25) is 10.1 Å². The lowest BCUT2D eigenvalue weighted by Gasteiger charge is -2.35. The van der Waals surface area contributed by atoms with Gasteiger partial charge in [-0.2, -0.15) is 0 Å². The highest BCUT2D eigenvalue weighted by atomic mass is 35.5. The van der Waals surface area contributed by atoms with Crippen LogP contribution in [-0.4, -0.2) is 48.6 Å². The van der Waals surface area contributed by atoms with Gasteiger partial charge in [-0.1, -0.05) is 30.1 Å². The Bertz CT molecular complexity index is 852. The van der Waals surface area contributed by atoms with E-state index in [-0.39, 0.29) is 10.7 Å². The van der Waals surface area contributed by atoms with E-state index in [2.05, 4.69) is 39.5 Å². The Kier molecular flexibility index (Phi) is 7.13. The Labute approximate surface area is 180 Å². The molecule has 0 unspecified atom stereocenters. The number of rotatable bonds is 4. The van der Waals surface area contributed by atoms with E-state index in [0.717, 1.165) is 38.4 Å². The van der Waals surface area contributed by atoms with Crippen molar-refractivity contribution in [3.63, 3.8) is 0 Å². The molecular weight excluding hydrogens is 415 g/mol. The summed E-state index contributed by atoms with van der Waals surface area (Å²) in [5.74, 6) is -0.407. The lowest BCUT2D eigenvalue weighted by molar-refractivity contribution is 0.0978. The van der Waals surface area contributed by atoms with Crippen LogP contribution in [0.15, 0.2) is 42.5 Å². The zero-order valence-electron chi connectivity index (χ0n) is 15.5. The van der Waals surface area contributed by atoms with Gasteiger partial charge in [0.1, 0.15) is 0 Å². The topological polar surface area (TPSA) is 47.6 Å². The molecule has 1 saturated heterocycles. The van der Waals surface area contributed by atoms with Crippen molar-refractivity contribution in [2.45, 2.75) is 6.92 Å². The normalized spacial score (nSPS) is 14.6. The number of nitrogens with one attached hydrogen (secondary N) is 2. The van der Waals surface area contributed by atoms with Gasteiger partial charge >= 0.3 is 0 Å². The van der Waals surface area contributed by atoms with Crippen LogP contribution in [0.3, 0.4) is 0 Å². The number of hydrogen-bond acceptors (Lipinski definition) is 4. The molecule has 3 rings (SSSR count). The summed E-state index contributed by atoms with van der Waals surface area (Å²) in [6, 6.07) is 12.7. The lowest BCUT2D eigenvalue weighted by Crippen LogP contribution is -2.46. The second-order valence-corrected chi connectivity index (χ2v) is 7.75. The summed E-state index contributed by atoms with van der Waals surface area (Å²) < 4.78 is 0. The first-order valence-corrected chi connectivity index (χ1v) is 10.3. The number of halogens is 2. The highest BCUT2D eigenvalue weighted by Crippen LogP contribution is 2.21. The van der Waals surface area contributed by atoms with Crippen molar-refractivity contribution in [2.24, 2.45) is 0 Å². The first kappa shape index (κ1) is 20.9. The van der Waals surface area contributed by atoms with Crippen molar-refractivity contribution in [3.05, 3.63) is 58.1 Å². The van der Waals surface area contributed by atoms with Crippen LogP contribution in [-0.2, 0) is 0 Å². The third-order valence-corrected chi connectivity index (χ3v) is 5.48. The molecule has 0 aromatic heterocycles. The van der Waals surface area contributed by atoms with Gasteiger partial charge in [0.2, 0.25) is 0 Å². The smallest absolute Gasteiger partial charge is 0.258 e. The van der Waals surface area contributed by atoms with Crippen molar-refractivity contribution < 1.29 is 4.79 Å². The van der Waals surface area contributed by atoms with Crippen molar-refractivity contribution >= 4 is 57.8 Å². The lowest BCUT2D eigenvalue weighted by atomic mass is 10.2. The minimum atomic E-state index is -0.407.